The molecule has 8 heavy (non-hydrogen) atoms. The Morgan fingerprint density at radius 3 is 1.88 bits per heavy atom. The average Bonchev–Trinajstić information content (AvgIpc) is 1.69. The van der Waals surface area contributed by atoms with Gasteiger partial charge in [-0.05, 0) is 0 Å². The molecule has 0 amide bonds. The van der Waals surface area contributed by atoms with E-state index in [0.717, 1.165) is 13.1 Å². The number of rotatable bonds is 1. The van der Waals surface area contributed by atoms with Crippen LogP contribution in [0.3, 0.4) is 0 Å². The van der Waals surface area contributed by atoms with Crippen LogP contribution in [0.5, 0.6) is 0 Å². The van der Waals surface area contributed by atoms with Crippen molar-refractivity contribution in [3.8, 4) is 0 Å². The van der Waals surface area contributed by atoms with Crippen LogP contribution in [0.4, 0.5) is 0 Å². The summed E-state index contributed by atoms with van der Waals surface area (Å²) in [5.74, 6) is -0.968. The SMILES string of the molecule is NCC(=O)O.[Cl][Cu][Cl]. The molecule has 55 valence electrons. The van der Waals surface area contributed by atoms with Gasteiger partial charge in [0.2, 0.25) is 0 Å². The fraction of sp³-hybridized carbons (Fsp3) is 0.500. The van der Waals surface area contributed by atoms with Crippen molar-refractivity contribution in [2.24, 2.45) is 5.73 Å². The Hall–Kier alpha value is 0.529. The molecular weight excluding hydrogens is 204 g/mol. The quantitative estimate of drug-likeness (QED) is 0.615. The summed E-state index contributed by atoms with van der Waals surface area (Å²) in [5, 5.41) is 7.60. The van der Waals surface area contributed by atoms with Gasteiger partial charge < -0.3 is 10.8 Å². The Bertz CT molecular complexity index is 62.0. The molecule has 0 aliphatic rings. The van der Waals surface area contributed by atoms with E-state index in [-0.39, 0.29) is 6.54 Å². The number of hydrogen-bond acceptors (Lipinski definition) is 2. The van der Waals surface area contributed by atoms with E-state index in [1.165, 1.54) is 0 Å². The number of carboxylic acid groups (broad SMARTS) is 1. The Labute approximate surface area is 61.7 Å². The normalized spacial score (nSPS) is 7.38. The van der Waals surface area contributed by atoms with Gasteiger partial charge >= 0.3 is 39.3 Å². The van der Waals surface area contributed by atoms with E-state index < -0.39 is 5.97 Å². The molecule has 0 bridgehead atoms. The molecule has 0 saturated carbocycles. The fourth-order valence-corrected chi connectivity index (χ4v) is 0. The first-order valence-corrected chi connectivity index (χ1v) is 4.01. The molecule has 0 aromatic heterocycles. The van der Waals surface area contributed by atoms with Gasteiger partial charge in [0.05, 0.1) is 6.54 Å². The second-order valence-corrected chi connectivity index (χ2v) is 2.20. The van der Waals surface area contributed by atoms with Crippen molar-refractivity contribution in [3.05, 3.63) is 0 Å². The van der Waals surface area contributed by atoms with E-state index in [9.17, 15) is 4.79 Å². The minimum atomic E-state index is -0.968. The van der Waals surface area contributed by atoms with Crippen LogP contribution in [0.1, 0.15) is 0 Å². The number of aliphatic carboxylic acids is 1. The molecule has 3 N–H and O–H groups in total. The first kappa shape index (κ1) is 11.3. The Kier molecular flexibility index (Phi) is 14.9. The maximum absolute atomic E-state index is 9.24. The molecular formula is C2H5Cl2CuNO2. The standard InChI is InChI=1S/C2H5NO2.2ClH.Cu/c3-1-2(4)5;;;/h1,3H2,(H,4,5);2*1H;/q;;;+2/p-2. The van der Waals surface area contributed by atoms with E-state index >= 15 is 0 Å². The van der Waals surface area contributed by atoms with Crippen molar-refractivity contribution in [2.45, 2.75) is 0 Å². The Balaban J connectivity index is 0. The Morgan fingerprint density at radius 1 is 1.75 bits per heavy atom. The van der Waals surface area contributed by atoms with Crippen LogP contribution in [0, 0.1) is 0 Å². The summed E-state index contributed by atoms with van der Waals surface area (Å²) in [5.41, 5.74) is 4.57. The first-order chi connectivity index (χ1) is 3.68. The van der Waals surface area contributed by atoms with Crippen molar-refractivity contribution in [1.29, 1.82) is 0 Å². The zero-order valence-corrected chi connectivity index (χ0v) is 6.15. The third kappa shape index (κ3) is 31.2. The first-order valence-electron chi connectivity index (χ1n) is 1.42. The van der Waals surface area contributed by atoms with Gasteiger partial charge in [-0.25, -0.2) is 0 Å². The van der Waals surface area contributed by atoms with Crippen molar-refractivity contribution in [1.82, 2.24) is 0 Å². The predicted octanol–water partition coefficient (Wildman–Crippen LogP) is 0.406. The van der Waals surface area contributed by atoms with E-state index in [0.29, 0.717) is 0 Å². The van der Waals surface area contributed by atoms with Crippen LogP contribution in [0.2, 0.25) is 0 Å². The summed E-state index contributed by atoms with van der Waals surface area (Å²) in [6.07, 6.45) is 0. The zero-order valence-electron chi connectivity index (χ0n) is 3.70. The second-order valence-electron chi connectivity index (χ2n) is 0.641. The van der Waals surface area contributed by atoms with E-state index in [2.05, 4.69) is 25.9 Å². The van der Waals surface area contributed by atoms with Crippen LogP contribution in [0.25, 0.3) is 0 Å². The second kappa shape index (κ2) is 10.5. The molecule has 0 unspecified atom stereocenters. The van der Waals surface area contributed by atoms with Gasteiger partial charge in [-0.1, -0.05) is 0 Å². The predicted molar refractivity (Wildman–Crippen MR) is 28.4 cm³/mol. The molecule has 0 rings (SSSR count). The molecule has 0 saturated heterocycles. The number of carbonyl (C=O) groups is 1. The van der Waals surface area contributed by atoms with E-state index in [1.807, 2.05) is 0 Å². The zero-order chi connectivity index (χ0) is 6.99. The molecule has 3 nitrogen and oxygen atoms in total. The number of halogens is 2. The van der Waals surface area contributed by atoms with Gasteiger partial charge in [0.15, 0.2) is 0 Å². The van der Waals surface area contributed by atoms with Crippen molar-refractivity contribution in [2.75, 3.05) is 6.54 Å². The van der Waals surface area contributed by atoms with Crippen LogP contribution in [0.15, 0.2) is 0 Å². The minimum absolute atomic E-state index is 0.278. The average molecular weight is 210 g/mol. The number of nitrogens with two attached hydrogens (primary N) is 1. The van der Waals surface area contributed by atoms with Crippen LogP contribution < -0.4 is 5.73 Å². The summed E-state index contributed by atoms with van der Waals surface area (Å²) in [6.45, 7) is -0.278. The molecule has 0 atom stereocenters. The van der Waals surface area contributed by atoms with Gasteiger partial charge in [0.1, 0.15) is 0 Å². The van der Waals surface area contributed by atoms with Gasteiger partial charge in [0, 0.05) is 0 Å². The third-order valence-electron chi connectivity index (χ3n) is 0.175. The Morgan fingerprint density at radius 2 is 1.88 bits per heavy atom. The summed E-state index contributed by atoms with van der Waals surface area (Å²) in [4.78, 5) is 9.24. The topological polar surface area (TPSA) is 63.3 Å². The number of hydrogen-bond donors (Lipinski definition) is 2. The molecule has 6 heteroatoms. The van der Waals surface area contributed by atoms with Crippen LogP contribution in [-0.4, -0.2) is 17.6 Å². The van der Waals surface area contributed by atoms with Gasteiger partial charge in [0.25, 0.3) is 0 Å². The van der Waals surface area contributed by atoms with Gasteiger partial charge in [-0.3, -0.25) is 4.79 Å². The van der Waals surface area contributed by atoms with Crippen LogP contribution in [-0.2, 0) is 17.9 Å². The third-order valence-corrected chi connectivity index (χ3v) is 0.175. The van der Waals surface area contributed by atoms with E-state index in [4.69, 9.17) is 5.11 Å². The van der Waals surface area contributed by atoms with Crippen molar-refractivity contribution < 1.29 is 23.0 Å². The molecule has 0 aromatic carbocycles. The molecule has 0 fully saturated rings. The molecule has 0 aliphatic heterocycles. The number of carboxylic acids is 1. The van der Waals surface area contributed by atoms with Crippen molar-refractivity contribution >= 4 is 26.2 Å². The molecule has 0 aromatic rings. The van der Waals surface area contributed by atoms with Crippen molar-refractivity contribution in [3.63, 3.8) is 0 Å². The van der Waals surface area contributed by atoms with E-state index in [1.54, 1.807) is 0 Å². The van der Waals surface area contributed by atoms with Gasteiger partial charge in [-0.2, -0.15) is 0 Å². The fourth-order valence-electron chi connectivity index (χ4n) is 0. The summed E-state index contributed by atoms with van der Waals surface area (Å²) in [7, 11) is 9.34. The molecule has 0 radical (unpaired) electrons. The van der Waals surface area contributed by atoms with Gasteiger partial charge in [-0.15, -0.1) is 0 Å². The monoisotopic (exact) mass is 208 g/mol. The molecule has 0 spiro atoms. The summed E-state index contributed by atoms with van der Waals surface area (Å²) >= 11 is 0.757. The molecule has 0 aliphatic carbocycles. The molecule has 0 heterocycles. The maximum atomic E-state index is 9.24. The van der Waals surface area contributed by atoms with Crippen LogP contribution >= 0.6 is 20.2 Å². The summed E-state index contributed by atoms with van der Waals surface area (Å²) in [6, 6.07) is 0. The summed E-state index contributed by atoms with van der Waals surface area (Å²) < 4.78 is 0.